The normalized spacial score (nSPS) is 9.35. The molecule has 0 fully saturated rings. The lowest BCUT2D eigenvalue weighted by Gasteiger charge is -2.10. The minimum Gasteiger partial charge on any atom is -0.497 e. The summed E-state index contributed by atoms with van der Waals surface area (Å²) in [6.07, 6.45) is 0.250. The van der Waals surface area contributed by atoms with Crippen molar-refractivity contribution in [2.45, 2.75) is 11.8 Å². The highest BCUT2D eigenvalue weighted by atomic mass is 32.2. The number of hydrogen-bond acceptors (Lipinski definition) is 6. The van der Waals surface area contributed by atoms with Crippen LogP contribution in [0.2, 0.25) is 0 Å². The molecule has 0 amide bonds. The Balaban J connectivity index is 0.00000105. The molecule has 26 heavy (non-hydrogen) atoms. The van der Waals surface area contributed by atoms with Crippen molar-refractivity contribution in [3.8, 4) is 17.2 Å². The second-order valence-electron chi connectivity index (χ2n) is 5.22. The van der Waals surface area contributed by atoms with Crippen LogP contribution in [-0.2, 0) is 9.59 Å². The van der Waals surface area contributed by atoms with E-state index in [0.29, 0.717) is 6.61 Å². The number of rotatable bonds is 8. The molecule has 2 aromatic rings. The Hall–Kier alpha value is -2.69. The van der Waals surface area contributed by atoms with Crippen molar-refractivity contribution >= 4 is 17.9 Å². The fourth-order valence-corrected chi connectivity index (χ4v) is 2.90. The third-order valence-electron chi connectivity index (χ3n) is 3.31. The summed E-state index contributed by atoms with van der Waals surface area (Å²) < 4.78 is 16.1. The zero-order chi connectivity index (χ0) is 19.4. The third kappa shape index (κ3) is 7.47. The highest BCUT2D eigenvalue weighted by Crippen LogP contribution is 2.26. The van der Waals surface area contributed by atoms with Crippen molar-refractivity contribution in [3.63, 3.8) is 0 Å². The predicted octanol–water partition coefficient (Wildman–Crippen LogP) is 4.16. The van der Waals surface area contributed by atoms with Gasteiger partial charge in [0, 0.05) is 10.6 Å². The van der Waals surface area contributed by atoms with Gasteiger partial charge in [-0.3, -0.25) is 0 Å². The molecule has 6 heteroatoms. The molecule has 0 aliphatic carbocycles. The summed E-state index contributed by atoms with van der Waals surface area (Å²) in [7, 11) is 3.34. The maximum absolute atomic E-state index is 8.12. The Kier molecular flexibility index (Phi) is 9.69. The molecule has 0 aromatic heterocycles. The van der Waals surface area contributed by atoms with Gasteiger partial charge in [-0.05, 0) is 60.5 Å². The van der Waals surface area contributed by atoms with E-state index in [2.05, 4.69) is 18.7 Å². The number of hydrogen-bond donors (Lipinski definition) is 0. The number of thioether (sulfide) groups is 1. The van der Waals surface area contributed by atoms with Gasteiger partial charge in [-0.25, -0.2) is 0 Å². The van der Waals surface area contributed by atoms with Crippen molar-refractivity contribution in [2.24, 2.45) is 0 Å². The van der Waals surface area contributed by atoms with E-state index in [0.717, 1.165) is 34.1 Å². The van der Waals surface area contributed by atoms with E-state index in [1.807, 2.05) is 37.3 Å². The van der Waals surface area contributed by atoms with Crippen LogP contribution < -0.4 is 14.2 Å². The summed E-state index contributed by atoms with van der Waals surface area (Å²) in [6, 6.07) is 13.7. The average Bonchev–Trinajstić information content (AvgIpc) is 2.66. The smallest absolute Gasteiger partial charge is 0.373 e. The molecule has 2 rings (SSSR count). The van der Waals surface area contributed by atoms with Gasteiger partial charge in [0.25, 0.3) is 0 Å². The highest BCUT2D eigenvalue weighted by Gasteiger charge is 2.03. The number of methoxy groups -OCH3 is 2. The second-order valence-corrected chi connectivity index (χ2v) is 6.27. The van der Waals surface area contributed by atoms with E-state index in [-0.39, 0.29) is 6.15 Å². The van der Waals surface area contributed by atoms with E-state index in [9.17, 15) is 0 Å². The van der Waals surface area contributed by atoms with Gasteiger partial charge < -0.3 is 14.2 Å². The van der Waals surface area contributed by atoms with E-state index >= 15 is 0 Å². The minimum absolute atomic E-state index is 0.250. The Labute approximate surface area is 158 Å². The van der Waals surface area contributed by atoms with Crippen LogP contribution >= 0.6 is 11.8 Å². The topological polar surface area (TPSA) is 61.8 Å². The first kappa shape index (κ1) is 21.4. The molecule has 0 saturated heterocycles. The van der Waals surface area contributed by atoms with Crippen LogP contribution in [-0.4, -0.2) is 32.7 Å². The lowest BCUT2D eigenvalue weighted by molar-refractivity contribution is -0.191. The molecule has 0 heterocycles. The maximum atomic E-state index is 8.12. The highest BCUT2D eigenvalue weighted by molar-refractivity contribution is 7.99. The summed E-state index contributed by atoms with van der Waals surface area (Å²) in [6.45, 7) is 6.63. The average molecular weight is 374 g/mol. The van der Waals surface area contributed by atoms with Crippen LogP contribution in [0.1, 0.15) is 5.56 Å². The van der Waals surface area contributed by atoms with Crippen molar-refractivity contribution < 1.29 is 23.8 Å². The first-order valence-electron chi connectivity index (χ1n) is 7.74. The molecule has 5 nitrogen and oxygen atoms in total. The van der Waals surface area contributed by atoms with Crippen LogP contribution in [0.3, 0.4) is 0 Å². The van der Waals surface area contributed by atoms with E-state index in [4.69, 9.17) is 23.8 Å². The van der Waals surface area contributed by atoms with Gasteiger partial charge in [-0.1, -0.05) is 6.58 Å². The fraction of sp³-hybridized carbons (Fsp3) is 0.250. The molecule has 0 atom stereocenters. The van der Waals surface area contributed by atoms with Gasteiger partial charge in [0.15, 0.2) is 0 Å². The molecule has 0 radical (unpaired) electrons. The molecular weight excluding hydrogens is 352 g/mol. The monoisotopic (exact) mass is 374 g/mol. The molecule has 0 N–H and O–H groups in total. The summed E-state index contributed by atoms with van der Waals surface area (Å²) in [5, 5.41) is 0. The first-order valence-corrected chi connectivity index (χ1v) is 8.72. The van der Waals surface area contributed by atoms with Gasteiger partial charge >= 0.3 is 6.15 Å². The van der Waals surface area contributed by atoms with Crippen molar-refractivity contribution in [1.29, 1.82) is 0 Å². The second kappa shape index (κ2) is 11.8. The van der Waals surface area contributed by atoms with E-state index in [1.165, 1.54) is 4.90 Å². The van der Waals surface area contributed by atoms with Crippen LogP contribution in [0.25, 0.3) is 0 Å². The number of aryl methyl sites for hydroxylation is 1. The fourth-order valence-electron chi connectivity index (χ4n) is 2.03. The Morgan fingerprint density at radius 3 is 2.19 bits per heavy atom. The Morgan fingerprint density at radius 2 is 1.65 bits per heavy atom. The van der Waals surface area contributed by atoms with E-state index < -0.39 is 0 Å². The zero-order valence-corrected chi connectivity index (χ0v) is 15.9. The standard InChI is InChI=1S/C19H22O3S.CO2/c1-14(12-22-17-7-5-16(20-3)6-8-17)13-23-18-9-10-19(21-4)15(2)11-18;2-1-3/h5-11H,1,12-13H2,2-4H3;. The molecule has 0 saturated carbocycles. The maximum Gasteiger partial charge on any atom is 0.373 e. The van der Waals surface area contributed by atoms with Gasteiger partial charge in [0.1, 0.15) is 23.9 Å². The summed E-state index contributed by atoms with van der Waals surface area (Å²) in [5.74, 6) is 3.37. The van der Waals surface area contributed by atoms with Gasteiger partial charge in [0.05, 0.1) is 14.2 Å². The molecule has 0 aliphatic heterocycles. The van der Waals surface area contributed by atoms with E-state index in [1.54, 1.807) is 26.0 Å². The van der Waals surface area contributed by atoms with Crippen molar-refractivity contribution in [2.75, 3.05) is 26.6 Å². The molecule has 0 bridgehead atoms. The minimum atomic E-state index is 0.250. The number of carbonyl (C=O) groups excluding carboxylic acids is 2. The van der Waals surface area contributed by atoms with Crippen LogP contribution in [0.15, 0.2) is 59.5 Å². The van der Waals surface area contributed by atoms with Gasteiger partial charge in [-0.15, -0.1) is 11.8 Å². The van der Waals surface area contributed by atoms with Crippen molar-refractivity contribution in [3.05, 3.63) is 60.2 Å². The van der Waals surface area contributed by atoms with Crippen molar-refractivity contribution in [1.82, 2.24) is 0 Å². The Bertz CT molecular complexity index is 734. The zero-order valence-electron chi connectivity index (χ0n) is 15.1. The quantitative estimate of drug-likeness (QED) is 0.511. The van der Waals surface area contributed by atoms with Gasteiger partial charge in [0.2, 0.25) is 0 Å². The molecule has 0 aliphatic rings. The largest absolute Gasteiger partial charge is 0.497 e. The predicted molar refractivity (Wildman–Crippen MR) is 101 cm³/mol. The van der Waals surface area contributed by atoms with Crippen LogP contribution in [0, 0.1) is 6.92 Å². The third-order valence-corrected chi connectivity index (χ3v) is 4.45. The molecule has 0 spiro atoms. The SMILES string of the molecule is C=C(COc1ccc(OC)cc1)CSc1ccc(OC)c(C)c1.O=C=O. The molecule has 138 valence electrons. The summed E-state index contributed by atoms with van der Waals surface area (Å²) >= 11 is 1.75. The molecule has 2 aromatic carbocycles. The van der Waals surface area contributed by atoms with Crippen LogP contribution in [0.4, 0.5) is 0 Å². The lowest BCUT2D eigenvalue weighted by atomic mass is 10.2. The lowest BCUT2D eigenvalue weighted by Crippen LogP contribution is -2.02. The number of benzene rings is 2. The summed E-state index contributed by atoms with van der Waals surface area (Å²) in [5.41, 5.74) is 2.18. The first-order chi connectivity index (χ1) is 12.5. The van der Waals surface area contributed by atoms with Gasteiger partial charge in [-0.2, -0.15) is 9.59 Å². The Morgan fingerprint density at radius 1 is 1.04 bits per heavy atom. The molecular formula is C20H22O5S. The summed E-state index contributed by atoms with van der Waals surface area (Å²) in [4.78, 5) is 17.5. The number of ether oxygens (including phenoxy) is 3. The van der Waals surface area contributed by atoms with Crippen LogP contribution in [0.5, 0.6) is 17.2 Å². The molecule has 0 unspecified atom stereocenters.